The average molecular weight is 357 g/mol. The van der Waals surface area contributed by atoms with Crippen LogP contribution in [0.1, 0.15) is 43.4 Å². The third-order valence-electron chi connectivity index (χ3n) is 4.38. The molecule has 140 valence electrons. The van der Waals surface area contributed by atoms with E-state index < -0.39 is 23.8 Å². The van der Waals surface area contributed by atoms with Crippen molar-refractivity contribution < 1.29 is 14.4 Å². The third kappa shape index (κ3) is 4.36. The van der Waals surface area contributed by atoms with Crippen molar-refractivity contribution in [3.05, 3.63) is 28.8 Å². The Kier molecular flexibility index (Phi) is 6.29. The number of carbonyl (C=O) groups is 3. The molecule has 6 heteroatoms. The summed E-state index contributed by atoms with van der Waals surface area (Å²) >= 11 is 0. The monoisotopic (exact) mass is 357 g/mol. The molecule has 0 saturated carbocycles. The van der Waals surface area contributed by atoms with Crippen LogP contribution >= 0.6 is 0 Å². The van der Waals surface area contributed by atoms with Gasteiger partial charge in [-0.1, -0.05) is 31.5 Å². The SMILES string of the molecule is Cc1cc(C)c(N2C(=O)NC(=O)[C@@H](C=NCCCC(C)C)C2=O)c(C)c1. The molecule has 1 aromatic carbocycles. The third-order valence-corrected chi connectivity index (χ3v) is 4.38. The average Bonchev–Trinajstić information content (AvgIpc) is 2.51. The molecule has 1 saturated heterocycles. The zero-order chi connectivity index (χ0) is 19.4. The molecule has 0 aromatic heterocycles. The number of nitrogens with zero attached hydrogens (tertiary/aromatic N) is 2. The molecule has 1 aromatic rings. The maximum absolute atomic E-state index is 12.9. The number of barbiturate groups is 1. The number of aryl methyl sites for hydroxylation is 3. The summed E-state index contributed by atoms with van der Waals surface area (Å²) in [4.78, 5) is 42.6. The van der Waals surface area contributed by atoms with Gasteiger partial charge in [0.15, 0.2) is 5.92 Å². The molecule has 1 aliphatic rings. The molecular formula is C20H27N3O3. The van der Waals surface area contributed by atoms with Crippen molar-refractivity contribution in [2.75, 3.05) is 11.4 Å². The molecule has 1 heterocycles. The highest BCUT2D eigenvalue weighted by molar-refractivity contribution is 6.32. The van der Waals surface area contributed by atoms with E-state index in [-0.39, 0.29) is 0 Å². The number of imide groups is 2. The van der Waals surface area contributed by atoms with Crippen molar-refractivity contribution in [1.82, 2.24) is 5.32 Å². The first kappa shape index (κ1) is 19.8. The Bertz CT molecular complexity index is 730. The van der Waals surface area contributed by atoms with Crippen LogP contribution < -0.4 is 10.2 Å². The highest BCUT2D eigenvalue weighted by Gasteiger charge is 2.41. The lowest BCUT2D eigenvalue weighted by Gasteiger charge is -2.30. The summed E-state index contributed by atoms with van der Waals surface area (Å²) in [5.41, 5.74) is 3.21. The molecule has 0 radical (unpaired) electrons. The van der Waals surface area contributed by atoms with Gasteiger partial charge in [-0.2, -0.15) is 0 Å². The number of nitrogens with one attached hydrogen (secondary N) is 1. The van der Waals surface area contributed by atoms with Crippen LogP contribution in [0.4, 0.5) is 10.5 Å². The molecule has 1 aliphatic heterocycles. The van der Waals surface area contributed by atoms with Crippen molar-refractivity contribution in [2.24, 2.45) is 16.8 Å². The van der Waals surface area contributed by atoms with E-state index >= 15 is 0 Å². The first-order chi connectivity index (χ1) is 12.2. The van der Waals surface area contributed by atoms with Gasteiger partial charge >= 0.3 is 6.03 Å². The Hall–Kier alpha value is -2.50. The summed E-state index contributed by atoms with van der Waals surface area (Å²) in [6.07, 6.45) is 3.31. The summed E-state index contributed by atoms with van der Waals surface area (Å²) in [7, 11) is 0. The van der Waals surface area contributed by atoms with Crippen LogP contribution in [0.5, 0.6) is 0 Å². The lowest BCUT2D eigenvalue weighted by Crippen LogP contribution is -2.59. The molecular weight excluding hydrogens is 330 g/mol. The van der Waals surface area contributed by atoms with E-state index in [1.54, 1.807) is 0 Å². The number of hydrogen-bond acceptors (Lipinski definition) is 4. The molecule has 0 unspecified atom stereocenters. The quantitative estimate of drug-likeness (QED) is 0.482. The Balaban J connectivity index is 2.24. The zero-order valence-corrected chi connectivity index (χ0v) is 16.1. The minimum absolute atomic E-state index is 0.531. The minimum Gasteiger partial charge on any atom is -0.296 e. The van der Waals surface area contributed by atoms with Gasteiger partial charge in [0.25, 0.3) is 5.91 Å². The summed E-state index contributed by atoms with van der Waals surface area (Å²) in [6.45, 7) is 10.5. The highest BCUT2D eigenvalue weighted by atomic mass is 16.2. The molecule has 1 fully saturated rings. The van der Waals surface area contributed by atoms with Gasteiger partial charge in [0.1, 0.15) is 0 Å². The molecule has 1 N–H and O–H groups in total. The van der Waals surface area contributed by atoms with E-state index in [0.717, 1.165) is 34.4 Å². The molecule has 0 bridgehead atoms. The zero-order valence-electron chi connectivity index (χ0n) is 16.1. The summed E-state index contributed by atoms with van der Waals surface area (Å²) in [5.74, 6) is -1.66. The van der Waals surface area contributed by atoms with Crippen molar-refractivity contribution in [3.8, 4) is 0 Å². The van der Waals surface area contributed by atoms with Gasteiger partial charge in [-0.3, -0.25) is 19.9 Å². The van der Waals surface area contributed by atoms with Gasteiger partial charge in [-0.05, 0) is 50.7 Å². The van der Waals surface area contributed by atoms with Crippen molar-refractivity contribution in [2.45, 2.75) is 47.5 Å². The van der Waals surface area contributed by atoms with Gasteiger partial charge in [-0.15, -0.1) is 0 Å². The fraction of sp³-hybridized carbons (Fsp3) is 0.500. The van der Waals surface area contributed by atoms with Crippen molar-refractivity contribution in [1.29, 1.82) is 0 Å². The molecule has 0 spiro atoms. The van der Waals surface area contributed by atoms with Crippen LogP contribution in [-0.4, -0.2) is 30.6 Å². The summed E-state index contributed by atoms with van der Waals surface area (Å²) in [5, 5.41) is 2.27. The fourth-order valence-electron chi connectivity index (χ4n) is 3.23. The Morgan fingerprint density at radius 2 is 1.77 bits per heavy atom. The van der Waals surface area contributed by atoms with Gasteiger partial charge in [-0.25, -0.2) is 9.69 Å². The van der Waals surface area contributed by atoms with E-state index in [1.165, 1.54) is 6.21 Å². The Labute approximate surface area is 154 Å². The summed E-state index contributed by atoms with van der Waals surface area (Å²) in [6, 6.07) is 3.11. The molecule has 6 nitrogen and oxygen atoms in total. The number of aliphatic imine (C=N–C) groups is 1. The first-order valence-electron chi connectivity index (χ1n) is 8.99. The minimum atomic E-state index is -1.08. The lowest BCUT2D eigenvalue weighted by molar-refractivity contribution is -0.131. The Morgan fingerprint density at radius 3 is 2.35 bits per heavy atom. The Morgan fingerprint density at radius 1 is 1.15 bits per heavy atom. The smallest absolute Gasteiger partial charge is 0.296 e. The predicted molar refractivity (Wildman–Crippen MR) is 103 cm³/mol. The predicted octanol–water partition coefficient (Wildman–Crippen LogP) is 3.32. The van der Waals surface area contributed by atoms with E-state index in [4.69, 9.17) is 0 Å². The first-order valence-corrected chi connectivity index (χ1v) is 8.99. The second-order valence-corrected chi connectivity index (χ2v) is 7.28. The summed E-state index contributed by atoms with van der Waals surface area (Å²) < 4.78 is 0. The van der Waals surface area contributed by atoms with E-state index in [9.17, 15) is 14.4 Å². The molecule has 1 atom stereocenters. The van der Waals surface area contributed by atoms with E-state index in [1.807, 2.05) is 32.9 Å². The van der Waals surface area contributed by atoms with Gasteiger partial charge < -0.3 is 0 Å². The number of anilines is 1. The number of amides is 4. The topological polar surface area (TPSA) is 78.8 Å². The lowest BCUT2D eigenvalue weighted by atomic mass is 10.0. The van der Waals surface area contributed by atoms with E-state index in [0.29, 0.717) is 18.2 Å². The second kappa shape index (κ2) is 8.25. The van der Waals surface area contributed by atoms with Crippen LogP contribution in [-0.2, 0) is 9.59 Å². The standard InChI is InChI=1S/C20H27N3O3/c1-12(2)7-6-8-21-11-16-18(24)22-20(26)23(19(16)25)17-14(4)9-13(3)10-15(17)5/h9-12,16H,6-8H2,1-5H3,(H,22,24,26)/t16-/m1/s1. The number of carbonyl (C=O) groups excluding carboxylic acids is 3. The number of hydrogen-bond donors (Lipinski definition) is 1. The van der Waals surface area contributed by atoms with Gasteiger partial charge in [0.2, 0.25) is 5.91 Å². The second-order valence-electron chi connectivity index (χ2n) is 7.28. The van der Waals surface area contributed by atoms with Crippen molar-refractivity contribution >= 4 is 29.7 Å². The van der Waals surface area contributed by atoms with E-state index in [2.05, 4.69) is 24.2 Å². The molecule has 0 aliphatic carbocycles. The van der Waals surface area contributed by atoms with Gasteiger partial charge in [0.05, 0.1) is 5.69 Å². The normalized spacial score (nSPS) is 18.2. The largest absolute Gasteiger partial charge is 0.335 e. The number of rotatable bonds is 6. The highest BCUT2D eigenvalue weighted by Crippen LogP contribution is 2.29. The van der Waals surface area contributed by atoms with Gasteiger partial charge in [0, 0.05) is 12.8 Å². The molecule has 4 amide bonds. The molecule has 26 heavy (non-hydrogen) atoms. The molecule has 2 rings (SSSR count). The van der Waals surface area contributed by atoms with Crippen LogP contribution in [0.3, 0.4) is 0 Å². The maximum atomic E-state index is 12.9. The number of benzene rings is 1. The van der Waals surface area contributed by atoms with Crippen molar-refractivity contribution in [3.63, 3.8) is 0 Å². The van der Waals surface area contributed by atoms with Crippen LogP contribution in [0, 0.1) is 32.6 Å². The van der Waals surface area contributed by atoms with Crippen LogP contribution in [0.2, 0.25) is 0 Å². The van der Waals surface area contributed by atoms with Crippen LogP contribution in [0.15, 0.2) is 17.1 Å². The fourth-order valence-corrected chi connectivity index (χ4v) is 3.23. The maximum Gasteiger partial charge on any atom is 0.335 e. The number of urea groups is 1. The van der Waals surface area contributed by atoms with Crippen LogP contribution in [0.25, 0.3) is 0 Å².